The summed E-state index contributed by atoms with van der Waals surface area (Å²) in [6.45, 7) is 0.486. The summed E-state index contributed by atoms with van der Waals surface area (Å²) in [4.78, 5) is 16.8. The lowest BCUT2D eigenvalue weighted by molar-refractivity contribution is -0.137. The molecule has 4 aromatic rings. The van der Waals surface area contributed by atoms with E-state index >= 15 is 0 Å². The number of nitrogens with zero attached hydrogens (tertiary/aromatic N) is 2. The lowest BCUT2D eigenvalue weighted by atomic mass is 10.0. The van der Waals surface area contributed by atoms with Gasteiger partial charge in [-0.25, -0.2) is 4.79 Å². The molecule has 5 nitrogen and oxygen atoms in total. The Hall–Kier alpha value is -4.17. The van der Waals surface area contributed by atoms with Gasteiger partial charge in [0.25, 0.3) is 0 Å². The second-order valence-corrected chi connectivity index (χ2v) is 9.51. The summed E-state index contributed by atoms with van der Waals surface area (Å²) in [7, 11) is 1.56. The van der Waals surface area contributed by atoms with Crippen molar-refractivity contribution in [2.75, 3.05) is 18.6 Å². The Morgan fingerprint density at radius 1 is 0.872 bits per heavy atom. The molecule has 0 spiro atoms. The zero-order chi connectivity index (χ0) is 27.6. The van der Waals surface area contributed by atoms with Crippen molar-refractivity contribution in [3.8, 4) is 17.2 Å². The number of rotatable bonds is 7. The van der Waals surface area contributed by atoms with Gasteiger partial charge in [0.2, 0.25) is 0 Å². The molecule has 0 aliphatic carbocycles. The number of carbonyl (C=O) groups is 1. The van der Waals surface area contributed by atoms with E-state index in [-0.39, 0.29) is 19.1 Å². The molecule has 4 aromatic carbocycles. The van der Waals surface area contributed by atoms with E-state index in [0.717, 1.165) is 17.7 Å². The highest BCUT2D eigenvalue weighted by molar-refractivity contribution is 6.30. The molecule has 0 aromatic heterocycles. The van der Waals surface area contributed by atoms with Gasteiger partial charge in [0.05, 0.1) is 18.7 Å². The quantitative estimate of drug-likeness (QED) is 0.231. The monoisotopic (exact) mass is 552 g/mol. The maximum atomic E-state index is 13.7. The predicted octanol–water partition coefficient (Wildman–Crippen LogP) is 8.34. The Balaban J connectivity index is 1.46. The van der Waals surface area contributed by atoms with Gasteiger partial charge in [-0.1, -0.05) is 35.9 Å². The average molecular weight is 553 g/mol. The van der Waals surface area contributed by atoms with E-state index in [9.17, 15) is 18.0 Å². The van der Waals surface area contributed by atoms with Gasteiger partial charge in [-0.15, -0.1) is 0 Å². The van der Waals surface area contributed by atoms with Crippen LogP contribution in [-0.2, 0) is 12.7 Å². The predicted molar refractivity (Wildman–Crippen MR) is 143 cm³/mol. The topological polar surface area (TPSA) is 42.0 Å². The van der Waals surface area contributed by atoms with Gasteiger partial charge in [0, 0.05) is 23.8 Å². The van der Waals surface area contributed by atoms with Crippen LogP contribution in [0.1, 0.15) is 22.7 Å². The molecule has 1 aliphatic rings. The number of halogens is 4. The van der Waals surface area contributed by atoms with Crippen molar-refractivity contribution >= 4 is 23.3 Å². The summed E-state index contributed by atoms with van der Waals surface area (Å²) < 4.78 is 51.7. The van der Waals surface area contributed by atoms with Crippen LogP contribution in [0, 0.1) is 0 Å². The molecule has 1 unspecified atom stereocenters. The molecule has 9 heteroatoms. The Bertz CT molecular complexity index is 1460. The fourth-order valence-corrected chi connectivity index (χ4v) is 4.68. The molecule has 1 aliphatic heterocycles. The summed E-state index contributed by atoms with van der Waals surface area (Å²) >= 11 is 5.93. The maximum Gasteiger partial charge on any atom is 0.416 e. The molecule has 0 bridgehead atoms. The Morgan fingerprint density at radius 3 is 2.21 bits per heavy atom. The van der Waals surface area contributed by atoms with Crippen LogP contribution in [0.15, 0.2) is 97.1 Å². The summed E-state index contributed by atoms with van der Waals surface area (Å²) in [6, 6.07) is 25.3. The number of urea groups is 1. The van der Waals surface area contributed by atoms with Crippen molar-refractivity contribution < 1.29 is 27.4 Å². The van der Waals surface area contributed by atoms with E-state index in [1.807, 2.05) is 18.2 Å². The minimum Gasteiger partial charge on any atom is -0.497 e. The zero-order valence-corrected chi connectivity index (χ0v) is 21.6. The molecule has 1 atom stereocenters. The Labute approximate surface area is 228 Å². The van der Waals surface area contributed by atoms with E-state index in [0.29, 0.717) is 33.5 Å². The fourth-order valence-electron chi connectivity index (χ4n) is 4.56. The number of methoxy groups -OCH3 is 1. The third kappa shape index (κ3) is 5.96. The number of carbonyl (C=O) groups excluding carboxylic acids is 1. The normalized spacial score (nSPS) is 15.5. The first-order valence-electron chi connectivity index (χ1n) is 12.1. The van der Waals surface area contributed by atoms with Crippen molar-refractivity contribution in [2.24, 2.45) is 0 Å². The zero-order valence-electron chi connectivity index (χ0n) is 20.9. The van der Waals surface area contributed by atoms with E-state index in [1.54, 1.807) is 72.7 Å². The summed E-state index contributed by atoms with van der Waals surface area (Å²) in [5.74, 6) is 1.79. The molecule has 0 radical (unpaired) electrons. The smallest absolute Gasteiger partial charge is 0.416 e. The lowest BCUT2D eigenvalue weighted by Crippen LogP contribution is -2.32. The Kier molecular flexibility index (Phi) is 7.39. The van der Waals surface area contributed by atoms with E-state index in [4.69, 9.17) is 21.1 Å². The van der Waals surface area contributed by atoms with Crippen LogP contribution in [0.2, 0.25) is 5.02 Å². The number of ether oxygens (including phenoxy) is 2. The highest BCUT2D eigenvalue weighted by Gasteiger charge is 2.40. The first kappa shape index (κ1) is 26.4. The van der Waals surface area contributed by atoms with Gasteiger partial charge < -0.3 is 14.4 Å². The van der Waals surface area contributed by atoms with E-state index < -0.39 is 17.8 Å². The molecule has 0 saturated carbocycles. The van der Waals surface area contributed by atoms with Crippen LogP contribution in [0.25, 0.3) is 0 Å². The van der Waals surface area contributed by atoms with Crippen LogP contribution < -0.4 is 14.4 Å². The van der Waals surface area contributed by atoms with Crippen LogP contribution in [0.4, 0.5) is 23.7 Å². The molecule has 0 N–H and O–H groups in total. The van der Waals surface area contributed by atoms with Gasteiger partial charge in [-0.2, -0.15) is 13.2 Å². The van der Waals surface area contributed by atoms with Crippen molar-refractivity contribution in [3.05, 3.63) is 119 Å². The van der Waals surface area contributed by atoms with Crippen molar-refractivity contribution in [1.82, 2.24) is 4.90 Å². The van der Waals surface area contributed by atoms with Gasteiger partial charge >= 0.3 is 12.2 Å². The second-order valence-electron chi connectivity index (χ2n) is 9.07. The standard InChI is InChI=1S/C30H24ClF3N2O3/c1-38-27-7-2-4-20(16-27)18-35-19-28(21-5-3-6-22(17-21)30(32,33)34)36(29(35)37)24-10-14-26(15-11-24)39-25-12-8-23(31)9-13-25/h2-17,28H,18-19H2,1H3. The number of hydrogen-bond acceptors (Lipinski definition) is 3. The highest BCUT2D eigenvalue weighted by Crippen LogP contribution is 2.39. The maximum absolute atomic E-state index is 13.7. The number of benzene rings is 4. The SMILES string of the molecule is COc1cccc(CN2CC(c3cccc(C(F)(F)F)c3)N(c3ccc(Oc4ccc(Cl)cc4)cc3)C2=O)c1. The van der Waals surface area contributed by atoms with Crippen molar-refractivity contribution in [3.63, 3.8) is 0 Å². The van der Waals surface area contributed by atoms with Crippen molar-refractivity contribution in [1.29, 1.82) is 0 Å². The van der Waals surface area contributed by atoms with E-state index in [2.05, 4.69) is 0 Å². The summed E-state index contributed by atoms with van der Waals surface area (Å²) in [5, 5.41) is 0.587. The van der Waals surface area contributed by atoms with Crippen LogP contribution >= 0.6 is 11.6 Å². The number of anilines is 1. The van der Waals surface area contributed by atoms with Gasteiger partial charge in [-0.3, -0.25) is 4.90 Å². The number of hydrogen-bond donors (Lipinski definition) is 0. The van der Waals surface area contributed by atoms with Gasteiger partial charge in [0.15, 0.2) is 0 Å². The molecular weight excluding hydrogens is 529 g/mol. The summed E-state index contributed by atoms with van der Waals surface area (Å²) in [5.41, 5.74) is 1.02. The first-order chi connectivity index (χ1) is 18.7. The third-order valence-corrected chi connectivity index (χ3v) is 6.70. The highest BCUT2D eigenvalue weighted by atomic mass is 35.5. The number of amides is 2. The van der Waals surface area contributed by atoms with Crippen molar-refractivity contribution in [2.45, 2.75) is 18.8 Å². The van der Waals surface area contributed by atoms with Crippen LogP contribution in [0.3, 0.4) is 0 Å². The fraction of sp³-hybridized carbons (Fsp3) is 0.167. The Morgan fingerprint density at radius 2 is 1.54 bits per heavy atom. The molecule has 1 heterocycles. The van der Waals surface area contributed by atoms with Gasteiger partial charge in [-0.05, 0) is 83.9 Å². The molecule has 1 fully saturated rings. The van der Waals surface area contributed by atoms with Crippen LogP contribution in [0.5, 0.6) is 17.2 Å². The molecule has 39 heavy (non-hydrogen) atoms. The largest absolute Gasteiger partial charge is 0.497 e. The minimum atomic E-state index is -4.50. The molecule has 200 valence electrons. The second kappa shape index (κ2) is 10.9. The summed E-state index contributed by atoms with van der Waals surface area (Å²) in [6.07, 6.45) is -4.50. The number of alkyl halides is 3. The average Bonchev–Trinajstić information content (AvgIpc) is 3.25. The van der Waals surface area contributed by atoms with Crippen LogP contribution in [-0.4, -0.2) is 24.6 Å². The molecule has 5 rings (SSSR count). The first-order valence-corrected chi connectivity index (χ1v) is 12.5. The molecular formula is C30H24ClF3N2O3. The lowest BCUT2D eigenvalue weighted by Gasteiger charge is -2.24. The van der Waals surface area contributed by atoms with Gasteiger partial charge in [0.1, 0.15) is 17.2 Å². The molecule has 2 amide bonds. The van der Waals surface area contributed by atoms with E-state index in [1.165, 1.54) is 11.0 Å². The molecule has 1 saturated heterocycles. The minimum absolute atomic E-state index is 0.209. The third-order valence-electron chi connectivity index (χ3n) is 6.45.